The maximum Gasteiger partial charge on any atom is 0.253 e. The molecule has 0 saturated heterocycles. The number of nitrogens with one attached hydrogen (secondary N) is 1. The first kappa shape index (κ1) is 14.7. The molecule has 5 nitrogen and oxygen atoms in total. The topological polar surface area (TPSA) is 101 Å². The highest BCUT2D eigenvalue weighted by Gasteiger charge is 2.25. The molecule has 110 valence electrons. The third-order valence-electron chi connectivity index (χ3n) is 4.15. The number of rotatable bonds is 4. The number of hydrogen-bond donors (Lipinski definition) is 4. The van der Waals surface area contributed by atoms with Gasteiger partial charge in [0.25, 0.3) is 5.91 Å². The van der Waals surface area contributed by atoms with Crippen molar-refractivity contribution in [1.29, 1.82) is 0 Å². The van der Waals surface area contributed by atoms with Gasteiger partial charge < -0.3 is 21.9 Å². The van der Waals surface area contributed by atoms with Gasteiger partial charge in [-0.15, -0.1) is 0 Å². The van der Waals surface area contributed by atoms with Crippen molar-refractivity contribution in [2.24, 2.45) is 11.8 Å². The number of benzene rings is 1. The number of carbonyl (C=O) groups excluding carboxylic acids is 1. The quantitative estimate of drug-likeness (QED) is 0.624. The van der Waals surface area contributed by atoms with Crippen LogP contribution in [0.1, 0.15) is 36.0 Å². The summed E-state index contributed by atoms with van der Waals surface area (Å²) in [6.45, 7) is 0.790. The summed E-state index contributed by atoms with van der Waals surface area (Å²) in [6.07, 6.45) is 4.44. The Hall–Kier alpha value is -1.75. The zero-order chi connectivity index (χ0) is 14.5. The van der Waals surface area contributed by atoms with Crippen molar-refractivity contribution < 1.29 is 9.90 Å². The molecule has 20 heavy (non-hydrogen) atoms. The van der Waals surface area contributed by atoms with Crippen LogP contribution in [0, 0.1) is 11.8 Å². The van der Waals surface area contributed by atoms with Crippen LogP contribution in [0.5, 0.6) is 0 Å². The second-order valence-electron chi connectivity index (χ2n) is 5.54. The maximum absolute atomic E-state index is 12.1. The van der Waals surface area contributed by atoms with Crippen LogP contribution in [0.2, 0.25) is 0 Å². The normalized spacial score (nSPS) is 22.4. The Labute approximate surface area is 119 Å². The Kier molecular flexibility index (Phi) is 4.84. The Morgan fingerprint density at radius 2 is 1.95 bits per heavy atom. The molecular formula is C15H23N3O2. The fourth-order valence-electron chi connectivity index (χ4n) is 2.90. The molecule has 1 aromatic carbocycles. The van der Waals surface area contributed by atoms with Crippen LogP contribution >= 0.6 is 0 Å². The first-order valence-electron chi connectivity index (χ1n) is 7.16. The van der Waals surface area contributed by atoms with Crippen molar-refractivity contribution in [3.05, 3.63) is 23.8 Å². The minimum absolute atomic E-state index is 0.176. The lowest BCUT2D eigenvalue weighted by Crippen LogP contribution is -2.35. The molecule has 1 fully saturated rings. The van der Waals surface area contributed by atoms with Crippen LogP contribution in [0.15, 0.2) is 18.2 Å². The van der Waals surface area contributed by atoms with E-state index in [9.17, 15) is 9.90 Å². The molecule has 0 aromatic heterocycles. The van der Waals surface area contributed by atoms with E-state index in [2.05, 4.69) is 5.32 Å². The molecule has 1 aliphatic rings. The van der Waals surface area contributed by atoms with Crippen molar-refractivity contribution in [2.75, 3.05) is 24.6 Å². The van der Waals surface area contributed by atoms with E-state index < -0.39 is 0 Å². The molecule has 0 spiro atoms. The number of aliphatic hydroxyl groups excluding tert-OH is 1. The van der Waals surface area contributed by atoms with Crippen molar-refractivity contribution in [3.8, 4) is 0 Å². The predicted molar refractivity (Wildman–Crippen MR) is 80.1 cm³/mol. The smallest absolute Gasteiger partial charge is 0.253 e. The first-order valence-corrected chi connectivity index (χ1v) is 7.16. The van der Waals surface area contributed by atoms with E-state index in [0.29, 0.717) is 35.3 Å². The Bertz CT molecular complexity index is 476. The molecule has 0 radical (unpaired) electrons. The largest absolute Gasteiger partial charge is 0.399 e. The van der Waals surface area contributed by atoms with Crippen LogP contribution in [0.3, 0.4) is 0 Å². The summed E-state index contributed by atoms with van der Waals surface area (Å²) in [5.74, 6) is 0.477. The van der Waals surface area contributed by atoms with Gasteiger partial charge in [0.15, 0.2) is 0 Å². The summed E-state index contributed by atoms with van der Waals surface area (Å²) >= 11 is 0. The standard InChI is InChI=1S/C15H23N3O2/c16-12-5-6-13(14(17)7-12)15(20)18-8-10-3-1-2-4-11(10)9-19/h5-7,10-11,19H,1-4,8-9,16-17H2,(H,18,20). The Morgan fingerprint density at radius 3 is 2.60 bits per heavy atom. The summed E-state index contributed by atoms with van der Waals surface area (Å²) < 4.78 is 0. The maximum atomic E-state index is 12.1. The lowest BCUT2D eigenvalue weighted by atomic mass is 9.79. The third kappa shape index (κ3) is 3.42. The van der Waals surface area contributed by atoms with Gasteiger partial charge in [-0.1, -0.05) is 12.8 Å². The SMILES string of the molecule is Nc1ccc(C(=O)NCC2CCCCC2CO)c(N)c1. The van der Waals surface area contributed by atoms with Gasteiger partial charge in [0.1, 0.15) is 0 Å². The average molecular weight is 277 g/mol. The number of amides is 1. The van der Waals surface area contributed by atoms with Crippen LogP contribution < -0.4 is 16.8 Å². The van der Waals surface area contributed by atoms with E-state index >= 15 is 0 Å². The van der Waals surface area contributed by atoms with Crippen molar-refractivity contribution in [1.82, 2.24) is 5.32 Å². The number of nitrogen functional groups attached to an aromatic ring is 2. The number of anilines is 2. The lowest BCUT2D eigenvalue weighted by molar-refractivity contribution is 0.0910. The van der Waals surface area contributed by atoms with Crippen molar-refractivity contribution >= 4 is 17.3 Å². The summed E-state index contributed by atoms with van der Waals surface area (Å²) in [4.78, 5) is 12.1. The van der Waals surface area contributed by atoms with E-state index in [-0.39, 0.29) is 12.5 Å². The molecule has 2 atom stereocenters. The summed E-state index contributed by atoms with van der Waals surface area (Å²) in [5, 5.41) is 12.3. The number of nitrogens with two attached hydrogens (primary N) is 2. The number of carbonyl (C=O) groups is 1. The van der Waals surface area contributed by atoms with Gasteiger partial charge in [0.2, 0.25) is 0 Å². The zero-order valence-electron chi connectivity index (χ0n) is 11.6. The molecule has 0 aliphatic heterocycles. The molecule has 2 rings (SSSR count). The molecule has 6 N–H and O–H groups in total. The van der Waals surface area contributed by atoms with Crippen molar-refractivity contribution in [3.63, 3.8) is 0 Å². The van der Waals surface area contributed by atoms with E-state index in [0.717, 1.165) is 12.8 Å². The summed E-state index contributed by atoms with van der Waals surface area (Å²) in [5.41, 5.74) is 12.8. The zero-order valence-corrected chi connectivity index (χ0v) is 11.6. The molecule has 1 aromatic rings. The second kappa shape index (κ2) is 6.61. The average Bonchev–Trinajstić information content (AvgIpc) is 2.45. The molecule has 5 heteroatoms. The van der Waals surface area contributed by atoms with Crippen LogP contribution in [-0.2, 0) is 0 Å². The highest BCUT2D eigenvalue weighted by molar-refractivity contribution is 5.99. The fourth-order valence-corrected chi connectivity index (χ4v) is 2.90. The van der Waals surface area contributed by atoms with Gasteiger partial charge in [0.05, 0.1) is 5.56 Å². The molecule has 0 heterocycles. The van der Waals surface area contributed by atoms with Crippen molar-refractivity contribution in [2.45, 2.75) is 25.7 Å². The van der Waals surface area contributed by atoms with Gasteiger partial charge in [0, 0.05) is 24.5 Å². The number of hydrogen-bond acceptors (Lipinski definition) is 4. The highest BCUT2D eigenvalue weighted by atomic mass is 16.3. The van der Waals surface area contributed by atoms with E-state index in [1.54, 1.807) is 18.2 Å². The predicted octanol–water partition coefficient (Wildman–Crippen LogP) is 1.38. The summed E-state index contributed by atoms with van der Waals surface area (Å²) in [6, 6.07) is 4.90. The van der Waals surface area contributed by atoms with E-state index in [1.807, 2.05) is 0 Å². The third-order valence-corrected chi connectivity index (χ3v) is 4.15. The summed E-state index contributed by atoms with van der Waals surface area (Å²) in [7, 11) is 0. The van der Waals surface area contributed by atoms with E-state index in [1.165, 1.54) is 12.8 Å². The highest BCUT2D eigenvalue weighted by Crippen LogP contribution is 2.29. The van der Waals surface area contributed by atoms with Crippen LogP contribution in [0.4, 0.5) is 11.4 Å². The van der Waals surface area contributed by atoms with Gasteiger partial charge >= 0.3 is 0 Å². The molecule has 1 aliphatic carbocycles. The minimum Gasteiger partial charge on any atom is -0.399 e. The minimum atomic E-state index is -0.176. The Balaban J connectivity index is 1.94. The molecule has 1 saturated carbocycles. The molecule has 2 unspecified atom stereocenters. The van der Waals surface area contributed by atoms with Crippen LogP contribution in [0.25, 0.3) is 0 Å². The van der Waals surface area contributed by atoms with Gasteiger partial charge in [-0.05, 0) is 42.9 Å². The second-order valence-corrected chi connectivity index (χ2v) is 5.54. The van der Waals surface area contributed by atoms with Gasteiger partial charge in [-0.25, -0.2) is 0 Å². The van der Waals surface area contributed by atoms with Gasteiger partial charge in [-0.2, -0.15) is 0 Å². The molecular weight excluding hydrogens is 254 g/mol. The Morgan fingerprint density at radius 1 is 1.25 bits per heavy atom. The fraction of sp³-hybridized carbons (Fsp3) is 0.533. The first-order chi connectivity index (χ1) is 9.61. The number of aliphatic hydroxyl groups is 1. The lowest BCUT2D eigenvalue weighted by Gasteiger charge is -2.30. The van der Waals surface area contributed by atoms with E-state index in [4.69, 9.17) is 11.5 Å². The van der Waals surface area contributed by atoms with Crippen LogP contribution in [-0.4, -0.2) is 24.2 Å². The monoisotopic (exact) mass is 277 g/mol. The molecule has 0 bridgehead atoms. The molecule has 1 amide bonds. The van der Waals surface area contributed by atoms with Gasteiger partial charge in [-0.3, -0.25) is 4.79 Å².